The summed E-state index contributed by atoms with van der Waals surface area (Å²) >= 11 is 0. The number of nitrogens with one attached hydrogen (secondary N) is 1. The number of carbonyl (C=O) groups is 1. The number of hydrogen-bond acceptors (Lipinski definition) is 4. The Morgan fingerprint density at radius 3 is 2.45 bits per heavy atom. The van der Waals surface area contributed by atoms with Crippen molar-refractivity contribution in [1.82, 2.24) is 4.31 Å². The van der Waals surface area contributed by atoms with Crippen LogP contribution in [0.3, 0.4) is 0 Å². The van der Waals surface area contributed by atoms with Crippen molar-refractivity contribution in [2.45, 2.75) is 31.1 Å². The summed E-state index contributed by atoms with van der Waals surface area (Å²) in [5.74, 6) is -2.69. The fraction of sp³-hybridized carbons (Fsp3) is 0.350. The van der Waals surface area contributed by atoms with Gasteiger partial charge in [-0.2, -0.15) is 4.31 Å². The van der Waals surface area contributed by atoms with E-state index >= 15 is 0 Å². The number of anilines is 1. The number of sulfonamides is 1. The SMILES string of the molecule is CCOc1ccc(NC(=O)c2ccc(F)c(F)c2)cc1S(=O)(=O)N1CCCCC1. The normalized spacial score (nSPS) is 15.1. The van der Waals surface area contributed by atoms with Gasteiger partial charge in [0.05, 0.1) is 6.61 Å². The first-order valence-corrected chi connectivity index (χ1v) is 10.8. The van der Waals surface area contributed by atoms with Gasteiger partial charge in [-0.25, -0.2) is 17.2 Å². The molecule has 156 valence electrons. The number of hydrogen-bond donors (Lipinski definition) is 1. The van der Waals surface area contributed by atoms with Gasteiger partial charge in [-0.05, 0) is 56.2 Å². The van der Waals surface area contributed by atoms with E-state index in [2.05, 4.69) is 5.32 Å². The van der Waals surface area contributed by atoms with Crippen LogP contribution in [0.4, 0.5) is 14.5 Å². The first-order chi connectivity index (χ1) is 13.8. The van der Waals surface area contributed by atoms with Crippen LogP contribution in [0.25, 0.3) is 0 Å². The lowest BCUT2D eigenvalue weighted by atomic mass is 10.2. The molecule has 29 heavy (non-hydrogen) atoms. The van der Waals surface area contributed by atoms with Gasteiger partial charge in [0.15, 0.2) is 11.6 Å². The van der Waals surface area contributed by atoms with Crippen LogP contribution in [0, 0.1) is 11.6 Å². The molecule has 1 aliphatic heterocycles. The van der Waals surface area contributed by atoms with Crippen molar-refractivity contribution in [3.05, 3.63) is 53.6 Å². The van der Waals surface area contributed by atoms with Gasteiger partial charge in [0.2, 0.25) is 10.0 Å². The van der Waals surface area contributed by atoms with Gasteiger partial charge >= 0.3 is 0 Å². The van der Waals surface area contributed by atoms with Crippen molar-refractivity contribution >= 4 is 21.6 Å². The Hall–Kier alpha value is -2.52. The molecule has 2 aromatic rings. The van der Waals surface area contributed by atoms with E-state index in [1.807, 2.05) is 0 Å². The van der Waals surface area contributed by atoms with E-state index in [1.54, 1.807) is 6.92 Å². The highest BCUT2D eigenvalue weighted by molar-refractivity contribution is 7.89. The Kier molecular flexibility index (Phi) is 6.49. The van der Waals surface area contributed by atoms with Gasteiger partial charge < -0.3 is 10.1 Å². The molecule has 2 aromatic carbocycles. The third-order valence-electron chi connectivity index (χ3n) is 4.62. The number of ether oxygens (including phenoxy) is 1. The third-order valence-corrected chi connectivity index (χ3v) is 6.54. The molecule has 0 spiro atoms. The number of nitrogens with zero attached hydrogens (tertiary/aromatic N) is 1. The first-order valence-electron chi connectivity index (χ1n) is 9.36. The summed E-state index contributed by atoms with van der Waals surface area (Å²) in [6.07, 6.45) is 2.56. The molecule has 0 bridgehead atoms. The highest BCUT2D eigenvalue weighted by atomic mass is 32.2. The second kappa shape index (κ2) is 8.87. The van der Waals surface area contributed by atoms with Gasteiger partial charge in [0.1, 0.15) is 10.6 Å². The van der Waals surface area contributed by atoms with Gasteiger partial charge in [-0.3, -0.25) is 4.79 Å². The van der Waals surface area contributed by atoms with Crippen molar-refractivity contribution < 1.29 is 26.7 Å². The van der Waals surface area contributed by atoms with Crippen molar-refractivity contribution in [3.8, 4) is 5.75 Å². The summed E-state index contributed by atoms with van der Waals surface area (Å²) < 4.78 is 59.6. The zero-order valence-corrected chi connectivity index (χ0v) is 16.8. The van der Waals surface area contributed by atoms with E-state index in [-0.39, 0.29) is 28.5 Å². The quantitative estimate of drug-likeness (QED) is 0.766. The summed E-state index contributed by atoms with van der Waals surface area (Å²) in [5.41, 5.74) is 0.122. The maximum atomic E-state index is 13.4. The van der Waals surface area contributed by atoms with E-state index in [0.717, 1.165) is 37.5 Å². The largest absolute Gasteiger partial charge is 0.492 e. The molecule has 1 saturated heterocycles. The number of rotatable bonds is 6. The minimum absolute atomic E-state index is 0.0377. The maximum Gasteiger partial charge on any atom is 0.255 e. The zero-order valence-electron chi connectivity index (χ0n) is 16.0. The standard InChI is InChI=1S/C20H22F2N2O4S/c1-2-28-18-9-7-15(23-20(25)14-6-8-16(21)17(22)12-14)13-19(18)29(26,27)24-10-4-3-5-11-24/h6-9,12-13H,2-5,10-11H2,1H3,(H,23,25). The minimum atomic E-state index is -3.80. The van der Waals surface area contributed by atoms with Crippen LogP contribution in [0.5, 0.6) is 5.75 Å². The lowest BCUT2D eigenvalue weighted by Gasteiger charge is -2.27. The predicted octanol–water partition coefficient (Wildman–Crippen LogP) is 3.79. The van der Waals surface area contributed by atoms with Crippen molar-refractivity contribution in [2.75, 3.05) is 25.0 Å². The summed E-state index contributed by atoms with van der Waals surface area (Å²) in [6, 6.07) is 7.08. The molecule has 0 saturated carbocycles. The van der Waals surface area contributed by atoms with Crippen LogP contribution in [-0.2, 0) is 10.0 Å². The second-order valence-corrected chi connectivity index (χ2v) is 8.55. The topological polar surface area (TPSA) is 75.7 Å². The molecule has 0 aliphatic carbocycles. The van der Waals surface area contributed by atoms with Crippen LogP contribution in [0.2, 0.25) is 0 Å². The van der Waals surface area contributed by atoms with Crippen LogP contribution >= 0.6 is 0 Å². The van der Waals surface area contributed by atoms with E-state index < -0.39 is 27.6 Å². The predicted molar refractivity (Wildman–Crippen MR) is 105 cm³/mol. The molecule has 1 N–H and O–H groups in total. The van der Waals surface area contributed by atoms with Gasteiger partial charge in [-0.15, -0.1) is 0 Å². The van der Waals surface area contributed by atoms with Crippen LogP contribution in [0.1, 0.15) is 36.5 Å². The monoisotopic (exact) mass is 424 g/mol. The summed E-state index contributed by atoms with van der Waals surface area (Å²) in [4.78, 5) is 12.3. The number of halogens is 2. The average Bonchev–Trinajstić information content (AvgIpc) is 2.72. The lowest BCUT2D eigenvalue weighted by molar-refractivity contribution is 0.102. The molecular weight excluding hydrogens is 402 g/mol. The molecule has 3 rings (SSSR count). The summed E-state index contributed by atoms with van der Waals surface area (Å²) in [7, 11) is -3.80. The summed E-state index contributed by atoms with van der Waals surface area (Å²) in [6.45, 7) is 2.89. The third kappa shape index (κ3) is 4.73. The first kappa shape index (κ1) is 21.2. The van der Waals surface area contributed by atoms with E-state index in [9.17, 15) is 22.0 Å². The van der Waals surface area contributed by atoms with Crippen molar-refractivity contribution in [3.63, 3.8) is 0 Å². The van der Waals surface area contributed by atoms with Crippen LogP contribution in [-0.4, -0.2) is 38.3 Å². The van der Waals surface area contributed by atoms with Gasteiger partial charge in [0.25, 0.3) is 5.91 Å². The molecule has 0 radical (unpaired) electrons. The van der Waals surface area contributed by atoms with Crippen molar-refractivity contribution in [1.29, 1.82) is 0 Å². The maximum absolute atomic E-state index is 13.4. The molecule has 9 heteroatoms. The minimum Gasteiger partial charge on any atom is -0.492 e. The number of piperidine rings is 1. The molecule has 1 amide bonds. The molecule has 1 fully saturated rings. The van der Waals surface area contributed by atoms with Crippen LogP contribution < -0.4 is 10.1 Å². The lowest BCUT2D eigenvalue weighted by Crippen LogP contribution is -2.35. The Morgan fingerprint density at radius 1 is 1.07 bits per heavy atom. The molecular formula is C20H22F2N2O4S. The molecule has 1 heterocycles. The number of benzene rings is 2. The van der Waals surface area contributed by atoms with E-state index in [1.165, 1.54) is 22.5 Å². The Morgan fingerprint density at radius 2 is 1.79 bits per heavy atom. The average molecular weight is 424 g/mol. The molecule has 0 unspecified atom stereocenters. The highest BCUT2D eigenvalue weighted by Crippen LogP contribution is 2.31. The van der Waals surface area contributed by atoms with Gasteiger partial charge in [-0.1, -0.05) is 6.42 Å². The number of amides is 1. The molecule has 1 aliphatic rings. The fourth-order valence-electron chi connectivity index (χ4n) is 3.15. The smallest absolute Gasteiger partial charge is 0.255 e. The molecule has 0 aromatic heterocycles. The second-order valence-electron chi connectivity index (χ2n) is 6.64. The van der Waals surface area contributed by atoms with Crippen LogP contribution in [0.15, 0.2) is 41.3 Å². The molecule has 6 nitrogen and oxygen atoms in total. The Labute approximate surface area is 168 Å². The highest BCUT2D eigenvalue weighted by Gasteiger charge is 2.29. The summed E-state index contributed by atoms with van der Waals surface area (Å²) in [5, 5.41) is 2.52. The molecule has 0 atom stereocenters. The van der Waals surface area contributed by atoms with E-state index in [4.69, 9.17) is 4.74 Å². The Bertz CT molecular complexity index is 1010. The van der Waals surface area contributed by atoms with E-state index in [0.29, 0.717) is 13.1 Å². The number of carbonyl (C=O) groups excluding carboxylic acids is 1. The zero-order chi connectivity index (χ0) is 21.0. The fourth-order valence-corrected chi connectivity index (χ4v) is 4.82. The Balaban J connectivity index is 1.91. The van der Waals surface area contributed by atoms with Gasteiger partial charge in [0, 0.05) is 24.3 Å². The van der Waals surface area contributed by atoms with Crippen molar-refractivity contribution in [2.24, 2.45) is 0 Å².